The second-order valence-corrected chi connectivity index (χ2v) is 6.66. The maximum atomic E-state index is 12.8. The van der Waals surface area contributed by atoms with Crippen LogP contribution in [-0.4, -0.2) is 41.5 Å². The molecule has 1 saturated carbocycles. The van der Waals surface area contributed by atoms with Crippen LogP contribution in [0.2, 0.25) is 0 Å². The van der Waals surface area contributed by atoms with Crippen molar-refractivity contribution in [3.05, 3.63) is 29.3 Å². The van der Waals surface area contributed by atoms with Crippen molar-refractivity contribution in [3.63, 3.8) is 0 Å². The summed E-state index contributed by atoms with van der Waals surface area (Å²) in [4.78, 5) is 26.9. The Kier molecular flexibility index (Phi) is 3.04. The van der Waals surface area contributed by atoms with Crippen LogP contribution in [0.1, 0.15) is 18.5 Å². The number of hydrogen-bond acceptors (Lipinski definition) is 5. The van der Waals surface area contributed by atoms with Gasteiger partial charge in [0.25, 0.3) is 0 Å². The molecule has 1 aliphatic carbocycles. The lowest BCUT2D eigenvalue weighted by Gasteiger charge is -2.29. The number of thiophene rings is 1. The highest BCUT2D eigenvalue weighted by atomic mass is 32.1. The monoisotopic (exact) mass is 317 g/mol. The number of nitrogens with one attached hydrogen (secondary N) is 1. The lowest BCUT2D eigenvalue weighted by molar-refractivity contribution is -0.140. The van der Waals surface area contributed by atoms with E-state index in [9.17, 15) is 9.59 Å². The van der Waals surface area contributed by atoms with Gasteiger partial charge in [-0.3, -0.25) is 9.59 Å². The lowest BCUT2D eigenvalue weighted by atomic mass is 9.99. The Balaban J connectivity index is 1.59. The number of carbonyl (C=O) groups is 2. The van der Waals surface area contributed by atoms with Crippen molar-refractivity contribution in [2.75, 3.05) is 19.6 Å². The molecule has 4 rings (SSSR count). The van der Waals surface area contributed by atoms with Crippen molar-refractivity contribution >= 4 is 23.2 Å². The molecule has 0 radical (unpaired) electrons. The third-order valence-electron chi connectivity index (χ3n) is 4.25. The first kappa shape index (κ1) is 13.5. The van der Waals surface area contributed by atoms with E-state index in [2.05, 4.69) is 10.5 Å². The zero-order chi connectivity index (χ0) is 15.2. The van der Waals surface area contributed by atoms with Crippen LogP contribution in [0.15, 0.2) is 28.1 Å². The number of aromatic nitrogens is 1. The summed E-state index contributed by atoms with van der Waals surface area (Å²) in [5, 5.41) is 8.83. The Bertz CT molecular complexity index is 718. The van der Waals surface area contributed by atoms with Gasteiger partial charge in [-0.05, 0) is 24.3 Å². The van der Waals surface area contributed by atoms with Gasteiger partial charge in [-0.2, -0.15) is 0 Å². The molecule has 22 heavy (non-hydrogen) atoms. The molecule has 6 nitrogen and oxygen atoms in total. The fourth-order valence-corrected chi connectivity index (χ4v) is 3.53. The molecule has 1 N–H and O–H groups in total. The smallest absolute Gasteiger partial charge is 0.239 e. The number of rotatable bonds is 3. The van der Waals surface area contributed by atoms with Crippen LogP contribution in [0.25, 0.3) is 10.6 Å². The quantitative estimate of drug-likeness (QED) is 0.928. The molecule has 0 spiro atoms. The highest BCUT2D eigenvalue weighted by Gasteiger charge is 2.55. The van der Waals surface area contributed by atoms with E-state index in [-0.39, 0.29) is 18.4 Å². The fourth-order valence-electron chi connectivity index (χ4n) is 2.85. The summed E-state index contributed by atoms with van der Waals surface area (Å²) < 4.78 is 5.40. The molecule has 0 aromatic carbocycles. The summed E-state index contributed by atoms with van der Waals surface area (Å²) in [6, 6.07) is 5.78. The van der Waals surface area contributed by atoms with Gasteiger partial charge in [0.1, 0.15) is 0 Å². The van der Waals surface area contributed by atoms with E-state index < -0.39 is 5.41 Å². The van der Waals surface area contributed by atoms with E-state index in [0.717, 1.165) is 17.7 Å². The first-order valence-electron chi connectivity index (χ1n) is 7.26. The standard InChI is InChI=1S/C15H15N3O3S/c19-13-9-18(6-5-16-13)14(20)15(3-4-15)12-8-10(21-17-12)11-2-1-7-22-11/h1-2,7-8H,3-6,9H2,(H,16,19). The number of hydrogen-bond donors (Lipinski definition) is 1. The predicted molar refractivity (Wildman–Crippen MR) is 80.3 cm³/mol. The van der Waals surface area contributed by atoms with Gasteiger partial charge in [0, 0.05) is 19.2 Å². The van der Waals surface area contributed by atoms with Gasteiger partial charge in [0.2, 0.25) is 11.8 Å². The first-order chi connectivity index (χ1) is 10.7. The Morgan fingerprint density at radius 3 is 3.00 bits per heavy atom. The minimum atomic E-state index is -0.587. The molecule has 7 heteroatoms. The molecule has 1 saturated heterocycles. The van der Waals surface area contributed by atoms with Crippen molar-refractivity contribution in [2.24, 2.45) is 0 Å². The summed E-state index contributed by atoms with van der Waals surface area (Å²) in [6.07, 6.45) is 1.53. The molecule has 1 aliphatic heterocycles. The van der Waals surface area contributed by atoms with Crippen LogP contribution in [-0.2, 0) is 15.0 Å². The molecule has 0 atom stereocenters. The summed E-state index contributed by atoms with van der Waals surface area (Å²) >= 11 is 1.58. The largest absolute Gasteiger partial charge is 0.355 e. The van der Waals surface area contributed by atoms with Crippen LogP contribution < -0.4 is 5.32 Å². The van der Waals surface area contributed by atoms with E-state index in [0.29, 0.717) is 24.5 Å². The molecular weight excluding hydrogens is 302 g/mol. The van der Waals surface area contributed by atoms with Crippen molar-refractivity contribution in [1.82, 2.24) is 15.4 Å². The van der Waals surface area contributed by atoms with Crippen LogP contribution in [0.4, 0.5) is 0 Å². The maximum Gasteiger partial charge on any atom is 0.239 e. The van der Waals surface area contributed by atoms with Crippen LogP contribution in [0.3, 0.4) is 0 Å². The number of piperazine rings is 1. The molecular formula is C15H15N3O3S. The maximum absolute atomic E-state index is 12.8. The normalized spacial score (nSPS) is 19.8. The van der Waals surface area contributed by atoms with Crippen molar-refractivity contribution in [2.45, 2.75) is 18.3 Å². The highest BCUT2D eigenvalue weighted by molar-refractivity contribution is 7.13. The molecule has 2 aromatic heterocycles. The van der Waals surface area contributed by atoms with Crippen molar-refractivity contribution in [1.29, 1.82) is 0 Å². The molecule has 2 amide bonds. The fraction of sp³-hybridized carbons (Fsp3) is 0.400. The average molecular weight is 317 g/mol. The summed E-state index contributed by atoms with van der Waals surface area (Å²) in [7, 11) is 0. The van der Waals surface area contributed by atoms with Crippen molar-refractivity contribution < 1.29 is 14.1 Å². The zero-order valence-corrected chi connectivity index (χ0v) is 12.7. The topological polar surface area (TPSA) is 75.4 Å². The van der Waals surface area contributed by atoms with Gasteiger partial charge in [-0.1, -0.05) is 11.2 Å². The van der Waals surface area contributed by atoms with Gasteiger partial charge in [0.05, 0.1) is 22.5 Å². The molecule has 0 bridgehead atoms. The Hall–Kier alpha value is -2.15. The van der Waals surface area contributed by atoms with E-state index in [1.54, 1.807) is 16.2 Å². The first-order valence-corrected chi connectivity index (χ1v) is 8.14. The molecule has 114 valence electrons. The van der Waals surface area contributed by atoms with E-state index in [1.165, 1.54) is 0 Å². The van der Waals surface area contributed by atoms with Gasteiger partial charge in [-0.15, -0.1) is 11.3 Å². The van der Waals surface area contributed by atoms with Crippen molar-refractivity contribution in [3.8, 4) is 10.6 Å². The Morgan fingerprint density at radius 2 is 2.32 bits per heavy atom. The van der Waals surface area contributed by atoms with Crippen LogP contribution >= 0.6 is 11.3 Å². The third-order valence-corrected chi connectivity index (χ3v) is 5.13. The van der Waals surface area contributed by atoms with E-state index in [1.807, 2.05) is 23.6 Å². The summed E-state index contributed by atoms with van der Waals surface area (Å²) in [5.74, 6) is 0.587. The molecule has 2 aromatic rings. The minimum absolute atomic E-state index is 0.00613. The van der Waals surface area contributed by atoms with Gasteiger partial charge in [0.15, 0.2) is 5.76 Å². The Labute approximate surface area is 131 Å². The van der Waals surface area contributed by atoms with Gasteiger partial charge >= 0.3 is 0 Å². The molecule has 2 aliphatic rings. The van der Waals surface area contributed by atoms with E-state index in [4.69, 9.17) is 4.52 Å². The lowest BCUT2D eigenvalue weighted by Crippen LogP contribution is -2.52. The highest BCUT2D eigenvalue weighted by Crippen LogP contribution is 2.50. The summed E-state index contributed by atoms with van der Waals surface area (Å²) in [6.45, 7) is 1.21. The number of amides is 2. The molecule has 2 fully saturated rings. The zero-order valence-electron chi connectivity index (χ0n) is 11.9. The van der Waals surface area contributed by atoms with E-state index >= 15 is 0 Å². The Morgan fingerprint density at radius 1 is 1.45 bits per heavy atom. The predicted octanol–water partition coefficient (Wildman–Crippen LogP) is 1.39. The van der Waals surface area contributed by atoms with Gasteiger partial charge < -0.3 is 14.7 Å². The third kappa shape index (κ3) is 2.12. The van der Waals surface area contributed by atoms with Gasteiger partial charge in [-0.25, -0.2) is 0 Å². The SMILES string of the molecule is O=C1CN(C(=O)C2(c3cc(-c4cccs4)on3)CC2)CCN1. The summed E-state index contributed by atoms with van der Waals surface area (Å²) in [5.41, 5.74) is 0.100. The second kappa shape index (κ2) is 4.95. The number of nitrogens with zero attached hydrogens (tertiary/aromatic N) is 2. The second-order valence-electron chi connectivity index (χ2n) is 5.71. The average Bonchev–Trinajstić information content (AvgIpc) is 2.95. The minimum Gasteiger partial charge on any atom is -0.355 e. The molecule has 0 unspecified atom stereocenters. The number of carbonyl (C=O) groups excluding carboxylic acids is 2. The molecule has 3 heterocycles. The van der Waals surface area contributed by atoms with Crippen LogP contribution in [0, 0.1) is 0 Å². The van der Waals surface area contributed by atoms with Crippen LogP contribution in [0.5, 0.6) is 0 Å².